The van der Waals surface area contributed by atoms with Crippen LogP contribution >= 0.6 is 39.1 Å². The van der Waals surface area contributed by atoms with Crippen molar-refractivity contribution in [2.24, 2.45) is 5.73 Å². The number of rotatable bonds is 4. The number of hydrogen-bond acceptors (Lipinski definition) is 3. The number of benzene rings is 2. The van der Waals surface area contributed by atoms with Crippen LogP contribution in [-0.2, 0) is 16.6 Å². The van der Waals surface area contributed by atoms with Crippen LogP contribution in [0.15, 0.2) is 45.8 Å². The van der Waals surface area contributed by atoms with Gasteiger partial charge in [-0.1, -0.05) is 29.3 Å². The quantitative estimate of drug-likeness (QED) is 0.800. The van der Waals surface area contributed by atoms with E-state index in [-0.39, 0.29) is 4.90 Å². The minimum atomic E-state index is -3.76. The zero-order valence-electron chi connectivity index (χ0n) is 10.6. The number of halogens is 3. The van der Waals surface area contributed by atoms with E-state index in [1.807, 2.05) is 0 Å². The van der Waals surface area contributed by atoms with Gasteiger partial charge in [0.1, 0.15) is 4.90 Å². The van der Waals surface area contributed by atoms with E-state index in [9.17, 15) is 8.42 Å². The molecule has 4 nitrogen and oxygen atoms in total. The fourth-order valence-electron chi connectivity index (χ4n) is 1.71. The van der Waals surface area contributed by atoms with Crippen molar-refractivity contribution in [2.45, 2.75) is 11.4 Å². The van der Waals surface area contributed by atoms with Gasteiger partial charge < -0.3 is 5.73 Å². The van der Waals surface area contributed by atoms with Crippen LogP contribution in [0.5, 0.6) is 0 Å². The second kappa shape index (κ2) is 6.54. The highest BCUT2D eigenvalue weighted by Crippen LogP contribution is 2.28. The van der Waals surface area contributed by atoms with Crippen LogP contribution in [-0.4, -0.2) is 8.42 Å². The molecule has 0 saturated carbocycles. The highest BCUT2D eigenvalue weighted by molar-refractivity contribution is 9.10. The molecule has 2 aromatic carbocycles. The highest BCUT2D eigenvalue weighted by atomic mass is 79.9. The van der Waals surface area contributed by atoms with E-state index in [1.165, 1.54) is 24.3 Å². The molecule has 0 saturated heterocycles. The van der Waals surface area contributed by atoms with Gasteiger partial charge in [0.15, 0.2) is 0 Å². The first-order valence-electron chi connectivity index (χ1n) is 5.79. The third kappa shape index (κ3) is 4.11. The van der Waals surface area contributed by atoms with Gasteiger partial charge in [0.25, 0.3) is 10.0 Å². The Balaban J connectivity index is 2.38. The van der Waals surface area contributed by atoms with Crippen LogP contribution in [0.25, 0.3) is 0 Å². The molecule has 112 valence electrons. The molecule has 8 heteroatoms. The Labute approximate surface area is 141 Å². The van der Waals surface area contributed by atoms with Crippen molar-refractivity contribution in [2.75, 3.05) is 4.72 Å². The summed E-state index contributed by atoms with van der Waals surface area (Å²) in [5.41, 5.74) is 6.64. The molecule has 0 atom stereocenters. The van der Waals surface area contributed by atoms with E-state index in [0.29, 0.717) is 26.8 Å². The Kier molecular flexibility index (Phi) is 5.16. The first-order chi connectivity index (χ1) is 9.81. The van der Waals surface area contributed by atoms with Gasteiger partial charge in [-0.2, -0.15) is 0 Å². The molecule has 2 aromatic rings. The van der Waals surface area contributed by atoms with Crippen LogP contribution in [0.2, 0.25) is 10.0 Å². The van der Waals surface area contributed by atoms with Crippen molar-refractivity contribution in [3.63, 3.8) is 0 Å². The van der Waals surface area contributed by atoms with Crippen molar-refractivity contribution < 1.29 is 8.42 Å². The van der Waals surface area contributed by atoms with E-state index in [1.54, 1.807) is 12.1 Å². The van der Waals surface area contributed by atoms with Gasteiger partial charge >= 0.3 is 0 Å². The average molecular weight is 410 g/mol. The minimum absolute atomic E-state index is 0.107. The average Bonchev–Trinajstić information content (AvgIpc) is 2.36. The number of anilines is 1. The molecule has 3 N–H and O–H groups in total. The SMILES string of the molecule is NCc1ccc(S(=O)(=O)Nc2cc(Cl)cc(Cl)c2)c(Br)c1. The summed E-state index contributed by atoms with van der Waals surface area (Å²) in [4.78, 5) is 0.107. The third-order valence-corrected chi connectivity index (χ3v) is 5.43. The van der Waals surface area contributed by atoms with Gasteiger partial charge in [-0.3, -0.25) is 4.72 Å². The summed E-state index contributed by atoms with van der Waals surface area (Å²) in [5.74, 6) is 0. The van der Waals surface area contributed by atoms with E-state index < -0.39 is 10.0 Å². The predicted octanol–water partition coefficient (Wildman–Crippen LogP) is 4.02. The Morgan fingerprint density at radius 2 is 1.71 bits per heavy atom. The second-order valence-electron chi connectivity index (χ2n) is 4.23. The lowest BCUT2D eigenvalue weighted by molar-refractivity contribution is 0.600. The van der Waals surface area contributed by atoms with Gasteiger partial charge in [-0.05, 0) is 51.8 Å². The molecular weight excluding hydrogens is 399 g/mol. The molecule has 21 heavy (non-hydrogen) atoms. The molecule has 0 unspecified atom stereocenters. The lowest BCUT2D eigenvalue weighted by Crippen LogP contribution is -2.14. The molecule has 0 heterocycles. The molecule has 0 aliphatic heterocycles. The fourth-order valence-corrected chi connectivity index (χ4v) is 4.40. The first kappa shape index (κ1) is 16.6. The predicted molar refractivity (Wildman–Crippen MR) is 89.3 cm³/mol. The molecule has 0 radical (unpaired) electrons. The van der Waals surface area contributed by atoms with Crippen molar-refractivity contribution in [3.05, 3.63) is 56.5 Å². The molecule has 0 aromatic heterocycles. The standard InChI is InChI=1S/C13H11BrCl2N2O2S/c14-12-3-8(7-17)1-2-13(12)21(19,20)18-11-5-9(15)4-10(16)6-11/h1-6,18H,7,17H2. The van der Waals surface area contributed by atoms with Crippen LogP contribution in [0, 0.1) is 0 Å². The first-order valence-corrected chi connectivity index (χ1v) is 8.82. The van der Waals surface area contributed by atoms with E-state index in [2.05, 4.69) is 20.7 Å². The highest BCUT2D eigenvalue weighted by Gasteiger charge is 2.18. The maximum absolute atomic E-state index is 12.4. The van der Waals surface area contributed by atoms with E-state index in [4.69, 9.17) is 28.9 Å². The zero-order valence-corrected chi connectivity index (χ0v) is 14.5. The van der Waals surface area contributed by atoms with E-state index >= 15 is 0 Å². The van der Waals surface area contributed by atoms with Gasteiger partial charge in [-0.15, -0.1) is 0 Å². The molecule has 0 spiro atoms. The monoisotopic (exact) mass is 408 g/mol. The van der Waals surface area contributed by atoms with Gasteiger partial charge in [0, 0.05) is 21.1 Å². The minimum Gasteiger partial charge on any atom is -0.326 e. The molecule has 2 rings (SSSR count). The van der Waals surface area contributed by atoms with Crippen molar-refractivity contribution in [3.8, 4) is 0 Å². The molecular formula is C13H11BrCl2N2O2S. The molecule has 0 aliphatic carbocycles. The maximum Gasteiger partial charge on any atom is 0.263 e. The summed E-state index contributed by atoms with van der Waals surface area (Å²) >= 11 is 14.9. The number of nitrogens with two attached hydrogens (primary N) is 1. The van der Waals surface area contributed by atoms with Gasteiger partial charge in [0.05, 0.1) is 5.69 Å². The fraction of sp³-hybridized carbons (Fsp3) is 0.0769. The molecule has 0 bridgehead atoms. The summed E-state index contributed by atoms with van der Waals surface area (Å²) in [6.07, 6.45) is 0. The summed E-state index contributed by atoms with van der Waals surface area (Å²) in [7, 11) is -3.76. The molecule has 0 amide bonds. The lowest BCUT2D eigenvalue weighted by Gasteiger charge is -2.11. The number of hydrogen-bond donors (Lipinski definition) is 2. The van der Waals surface area contributed by atoms with Crippen LogP contribution in [0.1, 0.15) is 5.56 Å². The Morgan fingerprint density at radius 1 is 1.10 bits per heavy atom. The topological polar surface area (TPSA) is 72.2 Å². The van der Waals surface area contributed by atoms with Gasteiger partial charge in [-0.25, -0.2) is 8.42 Å². The smallest absolute Gasteiger partial charge is 0.263 e. The summed E-state index contributed by atoms with van der Waals surface area (Å²) < 4.78 is 27.6. The Bertz CT molecular complexity index is 761. The van der Waals surface area contributed by atoms with Crippen LogP contribution in [0.4, 0.5) is 5.69 Å². The second-order valence-corrected chi connectivity index (χ2v) is 7.61. The van der Waals surface area contributed by atoms with Crippen molar-refractivity contribution in [1.29, 1.82) is 0 Å². The number of sulfonamides is 1. The Morgan fingerprint density at radius 3 is 2.24 bits per heavy atom. The van der Waals surface area contributed by atoms with E-state index in [0.717, 1.165) is 5.56 Å². The van der Waals surface area contributed by atoms with Crippen LogP contribution < -0.4 is 10.5 Å². The summed E-state index contributed by atoms with van der Waals surface area (Å²) in [6, 6.07) is 9.29. The third-order valence-electron chi connectivity index (χ3n) is 2.64. The normalized spacial score (nSPS) is 11.4. The summed E-state index contributed by atoms with van der Waals surface area (Å²) in [5, 5.41) is 0.690. The van der Waals surface area contributed by atoms with Crippen molar-refractivity contribution in [1.82, 2.24) is 0 Å². The summed E-state index contributed by atoms with van der Waals surface area (Å²) in [6.45, 7) is 0.330. The molecule has 0 aliphatic rings. The zero-order chi connectivity index (χ0) is 15.6. The lowest BCUT2D eigenvalue weighted by atomic mass is 10.2. The number of nitrogens with one attached hydrogen (secondary N) is 1. The Hall–Kier alpha value is -0.790. The largest absolute Gasteiger partial charge is 0.326 e. The molecule has 0 fully saturated rings. The van der Waals surface area contributed by atoms with Gasteiger partial charge in [0.2, 0.25) is 0 Å². The maximum atomic E-state index is 12.4. The van der Waals surface area contributed by atoms with Crippen molar-refractivity contribution >= 4 is 54.8 Å². The van der Waals surface area contributed by atoms with Crippen LogP contribution in [0.3, 0.4) is 0 Å².